The van der Waals surface area contributed by atoms with Gasteiger partial charge in [0, 0.05) is 12.1 Å². The molecule has 0 atom stereocenters. The van der Waals surface area contributed by atoms with Gasteiger partial charge in [0.1, 0.15) is 5.75 Å². The third kappa shape index (κ3) is 3.38. The Bertz CT molecular complexity index is 260. The molecule has 1 N–H and O–H groups in total. The molecule has 0 saturated heterocycles. The molecule has 2 nitrogen and oxygen atoms in total. The highest BCUT2D eigenvalue weighted by Gasteiger charge is 1.99. The normalized spacial score (nSPS) is 10.1. The number of benzene rings is 1. The van der Waals surface area contributed by atoms with Crippen molar-refractivity contribution >= 4 is 0 Å². The van der Waals surface area contributed by atoms with Crippen LogP contribution in [0.2, 0.25) is 0 Å². The van der Waals surface area contributed by atoms with Gasteiger partial charge in [0.05, 0.1) is 7.11 Å². The number of nitrogens with one attached hydrogen (secondary N) is 1. The first kappa shape index (κ1) is 11.1. The molecule has 0 aliphatic carbocycles. The Labute approximate surface area is 86.3 Å². The topological polar surface area (TPSA) is 21.3 Å². The van der Waals surface area contributed by atoms with Crippen molar-refractivity contribution < 1.29 is 4.74 Å². The van der Waals surface area contributed by atoms with E-state index in [1.807, 2.05) is 18.2 Å². The van der Waals surface area contributed by atoms with E-state index in [1.165, 1.54) is 18.4 Å². The van der Waals surface area contributed by atoms with E-state index < -0.39 is 0 Å². The smallest absolute Gasteiger partial charge is 0.123 e. The summed E-state index contributed by atoms with van der Waals surface area (Å²) in [5.41, 5.74) is 1.23. The summed E-state index contributed by atoms with van der Waals surface area (Å²) in [5, 5.41) is 3.40. The van der Waals surface area contributed by atoms with E-state index >= 15 is 0 Å². The number of methoxy groups -OCH3 is 1. The Morgan fingerprint density at radius 1 is 1.29 bits per heavy atom. The summed E-state index contributed by atoms with van der Waals surface area (Å²) in [6, 6.07) is 8.13. The Balaban J connectivity index is 2.41. The van der Waals surface area contributed by atoms with E-state index in [9.17, 15) is 0 Å². The Kier molecular flexibility index (Phi) is 5.08. The molecule has 14 heavy (non-hydrogen) atoms. The van der Waals surface area contributed by atoms with Crippen LogP contribution < -0.4 is 10.1 Å². The van der Waals surface area contributed by atoms with Crippen LogP contribution in [-0.2, 0) is 6.54 Å². The zero-order valence-electron chi connectivity index (χ0n) is 9.05. The van der Waals surface area contributed by atoms with Crippen LogP contribution >= 0.6 is 0 Å². The van der Waals surface area contributed by atoms with Gasteiger partial charge in [-0.05, 0) is 19.0 Å². The Hall–Kier alpha value is -1.02. The molecule has 0 saturated carbocycles. The first-order chi connectivity index (χ1) is 6.88. The molecule has 0 unspecified atom stereocenters. The number of ether oxygens (including phenoxy) is 1. The van der Waals surface area contributed by atoms with Crippen molar-refractivity contribution in [3.05, 3.63) is 29.8 Å². The first-order valence-corrected chi connectivity index (χ1v) is 5.21. The van der Waals surface area contributed by atoms with Gasteiger partial charge in [-0.25, -0.2) is 0 Å². The highest BCUT2D eigenvalue weighted by Crippen LogP contribution is 2.16. The average molecular weight is 193 g/mol. The minimum absolute atomic E-state index is 0.893. The van der Waals surface area contributed by atoms with Gasteiger partial charge in [-0.15, -0.1) is 0 Å². The number of hydrogen-bond donors (Lipinski definition) is 1. The molecule has 1 aromatic carbocycles. The Morgan fingerprint density at radius 3 is 2.79 bits per heavy atom. The van der Waals surface area contributed by atoms with Crippen molar-refractivity contribution in [3.8, 4) is 5.75 Å². The van der Waals surface area contributed by atoms with Crippen LogP contribution in [0.5, 0.6) is 5.75 Å². The maximum atomic E-state index is 5.26. The van der Waals surface area contributed by atoms with Crippen LogP contribution in [0.1, 0.15) is 25.3 Å². The van der Waals surface area contributed by atoms with Gasteiger partial charge in [0.15, 0.2) is 0 Å². The third-order valence-corrected chi connectivity index (χ3v) is 2.22. The van der Waals surface area contributed by atoms with Crippen molar-refractivity contribution in [1.29, 1.82) is 0 Å². The van der Waals surface area contributed by atoms with Gasteiger partial charge in [-0.3, -0.25) is 0 Å². The summed E-state index contributed by atoms with van der Waals surface area (Å²) >= 11 is 0. The van der Waals surface area contributed by atoms with Crippen LogP contribution in [0, 0.1) is 0 Å². The predicted octanol–water partition coefficient (Wildman–Crippen LogP) is 2.58. The fourth-order valence-corrected chi connectivity index (χ4v) is 1.37. The fourth-order valence-electron chi connectivity index (χ4n) is 1.37. The molecule has 1 aromatic rings. The minimum Gasteiger partial charge on any atom is -0.496 e. The quantitative estimate of drug-likeness (QED) is 0.701. The summed E-state index contributed by atoms with van der Waals surface area (Å²) in [5.74, 6) is 0.969. The SMILES string of the molecule is CCCCNCc1ccccc1OC. The molecule has 0 amide bonds. The minimum atomic E-state index is 0.893. The van der Waals surface area contributed by atoms with Crippen molar-refractivity contribution in [1.82, 2.24) is 5.32 Å². The molecule has 0 bridgehead atoms. The van der Waals surface area contributed by atoms with Gasteiger partial charge >= 0.3 is 0 Å². The maximum Gasteiger partial charge on any atom is 0.123 e. The number of para-hydroxylation sites is 1. The number of hydrogen-bond acceptors (Lipinski definition) is 2. The summed E-state index contributed by atoms with van der Waals surface area (Å²) in [4.78, 5) is 0. The maximum absolute atomic E-state index is 5.26. The number of rotatable bonds is 6. The summed E-state index contributed by atoms with van der Waals surface area (Å²) in [6.45, 7) is 4.17. The molecule has 1 rings (SSSR count). The molecule has 78 valence electrons. The molecule has 2 heteroatoms. The zero-order valence-corrected chi connectivity index (χ0v) is 9.05. The number of unbranched alkanes of at least 4 members (excludes halogenated alkanes) is 1. The van der Waals surface area contributed by atoms with E-state index in [0.717, 1.165) is 18.8 Å². The molecule has 0 aliphatic rings. The highest BCUT2D eigenvalue weighted by atomic mass is 16.5. The van der Waals surface area contributed by atoms with Gasteiger partial charge in [0.2, 0.25) is 0 Å². The second kappa shape index (κ2) is 6.44. The highest BCUT2D eigenvalue weighted by molar-refractivity contribution is 5.32. The van der Waals surface area contributed by atoms with Gasteiger partial charge < -0.3 is 10.1 Å². The second-order valence-corrected chi connectivity index (χ2v) is 3.34. The van der Waals surface area contributed by atoms with Crippen molar-refractivity contribution in [3.63, 3.8) is 0 Å². The average Bonchev–Trinajstić information content (AvgIpc) is 2.25. The molecular weight excluding hydrogens is 174 g/mol. The first-order valence-electron chi connectivity index (χ1n) is 5.21. The second-order valence-electron chi connectivity index (χ2n) is 3.34. The third-order valence-electron chi connectivity index (χ3n) is 2.22. The molecule has 0 radical (unpaired) electrons. The molecule has 0 aliphatic heterocycles. The molecular formula is C12H19NO. The lowest BCUT2D eigenvalue weighted by Gasteiger charge is -2.08. The summed E-state index contributed by atoms with van der Waals surface area (Å²) < 4.78 is 5.26. The molecule has 0 heterocycles. The van der Waals surface area contributed by atoms with E-state index in [2.05, 4.69) is 18.3 Å². The van der Waals surface area contributed by atoms with Crippen molar-refractivity contribution in [2.24, 2.45) is 0 Å². The van der Waals surface area contributed by atoms with E-state index in [1.54, 1.807) is 7.11 Å². The van der Waals surface area contributed by atoms with Crippen LogP contribution in [0.4, 0.5) is 0 Å². The largest absolute Gasteiger partial charge is 0.496 e. The van der Waals surface area contributed by atoms with Crippen molar-refractivity contribution in [2.75, 3.05) is 13.7 Å². The van der Waals surface area contributed by atoms with Gasteiger partial charge in [0.25, 0.3) is 0 Å². The van der Waals surface area contributed by atoms with Gasteiger partial charge in [-0.2, -0.15) is 0 Å². The van der Waals surface area contributed by atoms with Crippen LogP contribution in [0.25, 0.3) is 0 Å². The van der Waals surface area contributed by atoms with Crippen molar-refractivity contribution in [2.45, 2.75) is 26.3 Å². The van der Waals surface area contributed by atoms with E-state index in [-0.39, 0.29) is 0 Å². The standard InChI is InChI=1S/C12H19NO/c1-3-4-9-13-10-11-7-5-6-8-12(11)14-2/h5-8,13H,3-4,9-10H2,1-2H3. The molecule has 0 fully saturated rings. The molecule has 0 spiro atoms. The lowest BCUT2D eigenvalue weighted by molar-refractivity contribution is 0.407. The zero-order chi connectivity index (χ0) is 10.2. The predicted molar refractivity (Wildman–Crippen MR) is 59.6 cm³/mol. The lowest BCUT2D eigenvalue weighted by Crippen LogP contribution is -2.14. The van der Waals surface area contributed by atoms with E-state index in [0.29, 0.717) is 0 Å². The Morgan fingerprint density at radius 2 is 2.07 bits per heavy atom. The monoisotopic (exact) mass is 193 g/mol. The molecule has 0 aromatic heterocycles. The summed E-state index contributed by atoms with van der Waals surface area (Å²) in [7, 11) is 1.71. The van der Waals surface area contributed by atoms with E-state index in [4.69, 9.17) is 4.74 Å². The van der Waals surface area contributed by atoms with Crippen LogP contribution in [0.3, 0.4) is 0 Å². The lowest BCUT2D eigenvalue weighted by atomic mass is 10.2. The fraction of sp³-hybridized carbons (Fsp3) is 0.500. The van der Waals surface area contributed by atoms with Gasteiger partial charge in [-0.1, -0.05) is 31.5 Å². The van der Waals surface area contributed by atoms with Crippen LogP contribution in [0.15, 0.2) is 24.3 Å². The summed E-state index contributed by atoms with van der Waals surface area (Å²) in [6.07, 6.45) is 2.47. The van der Waals surface area contributed by atoms with Crippen LogP contribution in [-0.4, -0.2) is 13.7 Å².